The van der Waals surface area contributed by atoms with Crippen LogP contribution in [0.4, 0.5) is 0 Å². The van der Waals surface area contributed by atoms with Gasteiger partial charge in [-0.3, -0.25) is 4.79 Å². The first-order valence-corrected chi connectivity index (χ1v) is 6.71. The molecule has 0 bridgehead atoms. The zero-order chi connectivity index (χ0) is 12.4. The maximum Gasteiger partial charge on any atom is 0.202 e. The molecular weight excluding hydrogens is 252 g/mol. The lowest BCUT2D eigenvalue weighted by molar-refractivity contribution is 0.104. The van der Waals surface area contributed by atoms with Crippen LogP contribution >= 0.6 is 22.9 Å². The topological polar surface area (TPSA) is 17.1 Å². The Labute approximate surface area is 110 Å². The molecule has 88 valence electrons. The first-order chi connectivity index (χ1) is 8.11. The number of halogens is 1. The molecule has 1 heterocycles. The largest absolute Gasteiger partial charge is 0.288 e. The van der Waals surface area contributed by atoms with E-state index in [-0.39, 0.29) is 5.78 Å². The van der Waals surface area contributed by atoms with Gasteiger partial charge in [-0.25, -0.2) is 0 Å². The summed E-state index contributed by atoms with van der Waals surface area (Å²) in [5.74, 6) is 0.0782. The van der Waals surface area contributed by atoms with E-state index in [9.17, 15) is 4.79 Å². The Morgan fingerprint density at radius 2 is 2.06 bits per heavy atom. The van der Waals surface area contributed by atoms with Crippen molar-refractivity contribution in [2.24, 2.45) is 0 Å². The molecule has 0 atom stereocenters. The van der Waals surface area contributed by atoms with Gasteiger partial charge in [0.2, 0.25) is 5.78 Å². The SMILES string of the molecule is CCc1ccc(C(=O)c2ccc(Cl)c(C)c2)s1. The van der Waals surface area contributed by atoms with Gasteiger partial charge in [-0.15, -0.1) is 11.3 Å². The summed E-state index contributed by atoms with van der Waals surface area (Å²) < 4.78 is 0. The van der Waals surface area contributed by atoms with E-state index in [0.29, 0.717) is 10.6 Å². The number of carbonyl (C=O) groups is 1. The lowest BCUT2D eigenvalue weighted by atomic mass is 10.1. The number of hydrogen-bond acceptors (Lipinski definition) is 2. The summed E-state index contributed by atoms with van der Waals surface area (Å²) in [4.78, 5) is 14.2. The Bertz CT molecular complexity index is 557. The number of rotatable bonds is 3. The van der Waals surface area contributed by atoms with Crippen LogP contribution in [-0.2, 0) is 6.42 Å². The Kier molecular flexibility index (Phi) is 3.65. The highest BCUT2D eigenvalue weighted by Gasteiger charge is 2.12. The standard InChI is InChI=1S/C14H13ClOS/c1-3-11-5-7-13(17-11)14(16)10-4-6-12(15)9(2)8-10/h4-8H,3H2,1-2H3. The van der Waals surface area contributed by atoms with Crippen molar-refractivity contribution in [3.63, 3.8) is 0 Å². The van der Waals surface area contributed by atoms with Gasteiger partial charge >= 0.3 is 0 Å². The summed E-state index contributed by atoms with van der Waals surface area (Å²) in [6, 6.07) is 9.31. The molecule has 0 aliphatic heterocycles. The van der Waals surface area contributed by atoms with E-state index < -0.39 is 0 Å². The van der Waals surface area contributed by atoms with E-state index in [1.54, 1.807) is 23.5 Å². The van der Waals surface area contributed by atoms with E-state index in [2.05, 4.69) is 6.92 Å². The smallest absolute Gasteiger partial charge is 0.202 e. The molecule has 3 heteroatoms. The third kappa shape index (κ3) is 2.59. The van der Waals surface area contributed by atoms with Gasteiger partial charge in [0.15, 0.2) is 0 Å². The van der Waals surface area contributed by atoms with Crippen LogP contribution in [0.2, 0.25) is 5.02 Å². The van der Waals surface area contributed by atoms with Crippen molar-refractivity contribution in [2.45, 2.75) is 20.3 Å². The van der Waals surface area contributed by atoms with Crippen LogP contribution in [0.1, 0.15) is 32.6 Å². The van der Waals surface area contributed by atoms with E-state index in [0.717, 1.165) is 16.9 Å². The van der Waals surface area contributed by atoms with Crippen LogP contribution in [0.15, 0.2) is 30.3 Å². The van der Waals surface area contributed by atoms with Gasteiger partial charge in [0.25, 0.3) is 0 Å². The van der Waals surface area contributed by atoms with Crippen LogP contribution in [0.5, 0.6) is 0 Å². The van der Waals surface area contributed by atoms with Gasteiger partial charge in [-0.05, 0) is 49.2 Å². The van der Waals surface area contributed by atoms with E-state index in [1.165, 1.54) is 4.88 Å². The van der Waals surface area contributed by atoms with E-state index in [1.807, 2.05) is 25.1 Å². The fourth-order valence-corrected chi connectivity index (χ4v) is 2.65. The van der Waals surface area contributed by atoms with Crippen molar-refractivity contribution in [2.75, 3.05) is 0 Å². The van der Waals surface area contributed by atoms with Crippen molar-refractivity contribution < 1.29 is 4.79 Å². The normalized spacial score (nSPS) is 10.5. The molecule has 0 spiro atoms. The van der Waals surface area contributed by atoms with Crippen molar-refractivity contribution in [1.82, 2.24) is 0 Å². The van der Waals surface area contributed by atoms with Gasteiger partial charge in [-0.1, -0.05) is 18.5 Å². The predicted octanol–water partition coefficient (Wildman–Crippen LogP) is 4.50. The molecule has 0 aliphatic rings. The van der Waals surface area contributed by atoms with Crippen LogP contribution in [0, 0.1) is 6.92 Å². The number of hydrogen-bond donors (Lipinski definition) is 0. The second-order valence-corrected chi connectivity index (χ2v) is 5.49. The molecule has 0 amide bonds. The van der Waals surface area contributed by atoms with Crippen molar-refractivity contribution >= 4 is 28.7 Å². The molecule has 0 fully saturated rings. The quantitative estimate of drug-likeness (QED) is 0.746. The summed E-state index contributed by atoms with van der Waals surface area (Å²) >= 11 is 7.51. The number of benzene rings is 1. The molecule has 0 unspecified atom stereocenters. The summed E-state index contributed by atoms with van der Waals surface area (Å²) in [6.45, 7) is 4.00. The summed E-state index contributed by atoms with van der Waals surface area (Å²) in [5, 5.41) is 0.696. The Morgan fingerprint density at radius 3 is 2.65 bits per heavy atom. The summed E-state index contributed by atoms with van der Waals surface area (Å²) in [6.07, 6.45) is 0.970. The van der Waals surface area contributed by atoms with Crippen molar-refractivity contribution in [1.29, 1.82) is 0 Å². The van der Waals surface area contributed by atoms with Crippen LogP contribution in [0.3, 0.4) is 0 Å². The van der Waals surface area contributed by atoms with Crippen molar-refractivity contribution in [3.8, 4) is 0 Å². The molecule has 1 nitrogen and oxygen atoms in total. The molecule has 2 rings (SSSR count). The fourth-order valence-electron chi connectivity index (χ4n) is 1.62. The Hall–Kier alpha value is -1.12. The molecule has 0 radical (unpaired) electrons. The molecule has 0 saturated carbocycles. The number of aryl methyl sites for hydroxylation is 2. The monoisotopic (exact) mass is 264 g/mol. The minimum atomic E-state index is 0.0782. The second kappa shape index (κ2) is 5.03. The van der Waals surface area contributed by atoms with Gasteiger partial charge in [0.1, 0.15) is 0 Å². The first-order valence-electron chi connectivity index (χ1n) is 5.51. The van der Waals surface area contributed by atoms with Crippen LogP contribution in [0.25, 0.3) is 0 Å². The molecule has 0 N–H and O–H groups in total. The van der Waals surface area contributed by atoms with E-state index >= 15 is 0 Å². The van der Waals surface area contributed by atoms with Gasteiger partial charge in [-0.2, -0.15) is 0 Å². The highest BCUT2D eigenvalue weighted by molar-refractivity contribution is 7.14. The number of carbonyl (C=O) groups excluding carboxylic acids is 1. The van der Waals surface area contributed by atoms with Gasteiger partial charge in [0.05, 0.1) is 4.88 Å². The van der Waals surface area contributed by atoms with Crippen LogP contribution < -0.4 is 0 Å². The molecule has 1 aromatic heterocycles. The molecule has 2 aromatic rings. The van der Waals surface area contributed by atoms with Crippen molar-refractivity contribution in [3.05, 3.63) is 56.2 Å². The fraction of sp³-hybridized carbons (Fsp3) is 0.214. The van der Waals surface area contributed by atoms with Gasteiger partial charge in [0, 0.05) is 15.5 Å². The molecule has 0 saturated heterocycles. The average Bonchev–Trinajstić information content (AvgIpc) is 2.80. The number of ketones is 1. The minimum absolute atomic E-state index is 0.0782. The first kappa shape index (κ1) is 12.3. The molecular formula is C14H13ClOS. The highest BCUT2D eigenvalue weighted by atomic mass is 35.5. The lowest BCUT2D eigenvalue weighted by Gasteiger charge is -2.01. The third-order valence-electron chi connectivity index (χ3n) is 2.65. The Morgan fingerprint density at radius 1 is 1.29 bits per heavy atom. The highest BCUT2D eigenvalue weighted by Crippen LogP contribution is 2.23. The van der Waals surface area contributed by atoms with Crippen LogP contribution in [-0.4, -0.2) is 5.78 Å². The molecule has 1 aromatic carbocycles. The maximum absolute atomic E-state index is 12.2. The maximum atomic E-state index is 12.2. The second-order valence-electron chi connectivity index (χ2n) is 3.91. The molecule has 17 heavy (non-hydrogen) atoms. The summed E-state index contributed by atoms with van der Waals surface area (Å²) in [5.41, 5.74) is 1.64. The predicted molar refractivity (Wildman–Crippen MR) is 73.3 cm³/mol. The average molecular weight is 265 g/mol. The van der Waals surface area contributed by atoms with Gasteiger partial charge < -0.3 is 0 Å². The summed E-state index contributed by atoms with van der Waals surface area (Å²) in [7, 11) is 0. The lowest BCUT2D eigenvalue weighted by Crippen LogP contribution is -1.98. The minimum Gasteiger partial charge on any atom is -0.288 e. The number of thiophene rings is 1. The van der Waals surface area contributed by atoms with E-state index in [4.69, 9.17) is 11.6 Å². The molecule has 0 aliphatic carbocycles. The zero-order valence-corrected chi connectivity index (χ0v) is 11.4. The third-order valence-corrected chi connectivity index (χ3v) is 4.31. The Balaban J connectivity index is 2.33. The zero-order valence-electron chi connectivity index (χ0n) is 9.79.